The Labute approximate surface area is 124 Å². The second kappa shape index (κ2) is 7.63. The van der Waals surface area contributed by atoms with Crippen molar-refractivity contribution < 1.29 is 4.79 Å². The molecule has 0 aliphatic rings. The lowest BCUT2D eigenvalue weighted by Gasteiger charge is -2.25. The van der Waals surface area contributed by atoms with E-state index in [0.717, 1.165) is 6.42 Å². The number of rotatable bonds is 7. The monoisotopic (exact) mass is 326 g/mol. The van der Waals surface area contributed by atoms with Crippen LogP contribution < -0.4 is 5.32 Å². The molecule has 0 saturated heterocycles. The first kappa shape index (κ1) is 16.2. The molecule has 0 fully saturated rings. The molecule has 0 bridgehead atoms. The van der Waals surface area contributed by atoms with Gasteiger partial charge in [0.15, 0.2) is 0 Å². The van der Waals surface area contributed by atoms with Gasteiger partial charge in [-0.15, -0.1) is 0 Å². The van der Waals surface area contributed by atoms with E-state index >= 15 is 0 Å². The van der Waals surface area contributed by atoms with E-state index < -0.39 is 0 Å². The zero-order valence-corrected chi connectivity index (χ0v) is 13.6. The number of carbonyl (C=O) groups excluding carboxylic acids is 1. The summed E-state index contributed by atoms with van der Waals surface area (Å²) in [4.78, 5) is 16.1. The van der Waals surface area contributed by atoms with Crippen LogP contribution in [0.5, 0.6) is 0 Å². The predicted molar refractivity (Wildman–Crippen MR) is 82.2 cm³/mol. The molecule has 19 heavy (non-hydrogen) atoms. The van der Waals surface area contributed by atoms with E-state index in [0.29, 0.717) is 16.7 Å². The molecule has 106 valence electrons. The summed E-state index contributed by atoms with van der Waals surface area (Å²) in [6.45, 7) is 7.29. The molecule has 1 N–H and O–H groups in total. The number of hydrogen-bond acceptors (Lipinski definition) is 2. The van der Waals surface area contributed by atoms with E-state index in [1.165, 1.54) is 19.3 Å². The maximum absolute atomic E-state index is 12.1. The lowest BCUT2D eigenvalue weighted by atomic mass is 9.87. The number of nitrogens with one attached hydrogen (secondary N) is 1. The molecule has 1 amide bonds. The van der Waals surface area contributed by atoms with Crippen molar-refractivity contribution in [2.45, 2.75) is 46.5 Å². The number of carbonyl (C=O) groups is 1. The van der Waals surface area contributed by atoms with Gasteiger partial charge in [-0.1, -0.05) is 40.0 Å². The number of unbranched alkanes of at least 4 members (excludes halogenated alkanes) is 2. The quantitative estimate of drug-likeness (QED) is 0.603. The van der Waals surface area contributed by atoms with Gasteiger partial charge in [0, 0.05) is 12.7 Å². The van der Waals surface area contributed by atoms with E-state index in [1.807, 2.05) is 0 Å². The Balaban J connectivity index is 2.47. The van der Waals surface area contributed by atoms with Crippen LogP contribution in [0.25, 0.3) is 0 Å². The average molecular weight is 327 g/mol. The van der Waals surface area contributed by atoms with Crippen molar-refractivity contribution in [3.63, 3.8) is 0 Å². The Morgan fingerprint density at radius 2 is 2.16 bits per heavy atom. The van der Waals surface area contributed by atoms with Crippen LogP contribution in [-0.4, -0.2) is 17.4 Å². The molecule has 4 heteroatoms. The van der Waals surface area contributed by atoms with Gasteiger partial charge in [0.2, 0.25) is 0 Å². The number of halogens is 1. The fraction of sp³-hybridized carbons (Fsp3) is 0.600. The van der Waals surface area contributed by atoms with Crippen LogP contribution in [0, 0.1) is 5.41 Å². The summed E-state index contributed by atoms with van der Waals surface area (Å²) in [7, 11) is 0. The molecule has 3 nitrogen and oxygen atoms in total. The molecule has 0 spiro atoms. The normalized spacial score (nSPS) is 11.4. The van der Waals surface area contributed by atoms with Gasteiger partial charge in [-0.2, -0.15) is 0 Å². The van der Waals surface area contributed by atoms with Gasteiger partial charge in [-0.05, 0) is 39.9 Å². The average Bonchev–Trinajstić information content (AvgIpc) is 2.37. The summed E-state index contributed by atoms with van der Waals surface area (Å²) in [5, 5.41) is 3.00. The van der Waals surface area contributed by atoms with E-state index in [-0.39, 0.29) is 11.3 Å². The summed E-state index contributed by atoms with van der Waals surface area (Å²) < 4.78 is 0.594. The van der Waals surface area contributed by atoms with Gasteiger partial charge in [0.1, 0.15) is 4.60 Å². The van der Waals surface area contributed by atoms with E-state index in [9.17, 15) is 4.79 Å². The number of aromatic nitrogens is 1. The van der Waals surface area contributed by atoms with Gasteiger partial charge in [0.05, 0.1) is 5.56 Å². The molecule has 0 saturated carbocycles. The smallest absolute Gasteiger partial charge is 0.254 e. The summed E-state index contributed by atoms with van der Waals surface area (Å²) in [6, 6.07) is 3.54. The first-order valence-electron chi connectivity index (χ1n) is 6.85. The number of nitrogens with zero attached hydrogens (tertiary/aromatic N) is 1. The van der Waals surface area contributed by atoms with Crippen LogP contribution in [0.1, 0.15) is 56.8 Å². The highest BCUT2D eigenvalue weighted by atomic mass is 79.9. The van der Waals surface area contributed by atoms with Crippen molar-refractivity contribution in [1.29, 1.82) is 0 Å². The summed E-state index contributed by atoms with van der Waals surface area (Å²) in [5.41, 5.74) is 0.728. The topological polar surface area (TPSA) is 42.0 Å². The fourth-order valence-electron chi connectivity index (χ4n) is 1.91. The van der Waals surface area contributed by atoms with Gasteiger partial charge in [-0.3, -0.25) is 4.79 Å². The highest BCUT2D eigenvalue weighted by Gasteiger charge is 2.19. The molecule has 1 heterocycles. The summed E-state index contributed by atoms with van der Waals surface area (Å²) in [5.74, 6) is -0.0662. The first-order chi connectivity index (χ1) is 8.96. The third-order valence-corrected chi connectivity index (χ3v) is 3.82. The van der Waals surface area contributed by atoms with Gasteiger partial charge < -0.3 is 5.32 Å². The number of amides is 1. The fourth-order valence-corrected chi connectivity index (χ4v) is 2.34. The number of hydrogen-bond donors (Lipinski definition) is 1. The minimum absolute atomic E-state index is 0.0662. The molecule has 0 aromatic carbocycles. The molecule has 1 rings (SSSR count). The Kier molecular flexibility index (Phi) is 6.49. The Hall–Kier alpha value is -0.900. The van der Waals surface area contributed by atoms with Crippen LogP contribution in [0.4, 0.5) is 0 Å². The zero-order chi connectivity index (χ0) is 14.3. The SMILES string of the molecule is CCCCCC(C)(C)CNC(=O)c1cccnc1Br. The Morgan fingerprint density at radius 1 is 1.42 bits per heavy atom. The van der Waals surface area contributed by atoms with Crippen LogP contribution in [-0.2, 0) is 0 Å². The van der Waals surface area contributed by atoms with Crippen molar-refractivity contribution in [2.24, 2.45) is 5.41 Å². The minimum Gasteiger partial charge on any atom is -0.351 e. The van der Waals surface area contributed by atoms with Crippen molar-refractivity contribution in [1.82, 2.24) is 10.3 Å². The molecular formula is C15H23BrN2O. The number of pyridine rings is 1. The maximum atomic E-state index is 12.1. The maximum Gasteiger partial charge on any atom is 0.254 e. The lowest BCUT2D eigenvalue weighted by Crippen LogP contribution is -2.34. The van der Waals surface area contributed by atoms with E-state index in [4.69, 9.17) is 0 Å². The lowest BCUT2D eigenvalue weighted by molar-refractivity contribution is 0.0933. The Morgan fingerprint density at radius 3 is 2.79 bits per heavy atom. The van der Waals surface area contributed by atoms with Crippen molar-refractivity contribution in [3.8, 4) is 0 Å². The zero-order valence-electron chi connectivity index (χ0n) is 12.0. The highest BCUT2D eigenvalue weighted by molar-refractivity contribution is 9.10. The third kappa shape index (κ3) is 5.72. The molecular weight excluding hydrogens is 304 g/mol. The first-order valence-corrected chi connectivity index (χ1v) is 7.64. The standard InChI is InChI=1S/C15H23BrN2O/c1-4-5-6-9-15(2,3)11-18-14(19)12-8-7-10-17-13(12)16/h7-8,10H,4-6,9,11H2,1-3H3,(H,18,19). The molecule has 1 aromatic rings. The van der Waals surface area contributed by atoms with Gasteiger partial charge in [0.25, 0.3) is 5.91 Å². The largest absolute Gasteiger partial charge is 0.351 e. The van der Waals surface area contributed by atoms with Crippen LogP contribution >= 0.6 is 15.9 Å². The summed E-state index contributed by atoms with van der Waals surface area (Å²) in [6.07, 6.45) is 6.50. The van der Waals surface area contributed by atoms with Crippen LogP contribution in [0.3, 0.4) is 0 Å². The van der Waals surface area contributed by atoms with E-state index in [2.05, 4.69) is 47.0 Å². The molecule has 0 unspecified atom stereocenters. The van der Waals surface area contributed by atoms with E-state index in [1.54, 1.807) is 18.3 Å². The van der Waals surface area contributed by atoms with Crippen LogP contribution in [0.2, 0.25) is 0 Å². The molecule has 1 aromatic heterocycles. The van der Waals surface area contributed by atoms with Crippen molar-refractivity contribution in [3.05, 3.63) is 28.5 Å². The molecule has 0 aliphatic carbocycles. The third-order valence-electron chi connectivity index (χ3n) is 3.19. The van der Waals surface area contributed by atoms with Crippen LogP contribution in [0.15, 0.2) is 22.9 Å². The summed E-state index contributed by atoms with van der Waals surface area (Å²) >= 11 is 3.30. The predicted octanol–water partition coefficient (Wildman–Crippen LogP) is 4.18. The Bertz CT molecular complexity index is 418. The molecule has 0 atom stereocenters. The van der Waals surface area contributed by atoms with Gasteiger partial charge in [-0.25, -0.2) is 4.98 Å². The second-order valence-corrected chi connectivity index (χ2v) is 6.40. The van der Waals surface area contributed by atoms with Gasteiger partial charge >= 0.3 is 0 Å². The molecule has 0 aliphatic heterocycles. The van der Waals surface area contributed by atoms with Crippen molar-refractivity contribution in [2.75, 3.05) is 6.54 Å². The molecule has 0 radical (unpaired) electrons. The minimum atomic E-state index is -0.0662. The van der Waals surface area contributed by atoms with Crippen molar-refractivity contribution >= 4 is 21.8 Å². The second-order valence-electron chi connectivity index (χ2n) is 5.65. The highest BCUT2D eigenvalue weighted by Crippen LogP contribution is 2.23.